The van der Waals surface area contributed by atoms with Crippen molar-refractivity contribution < 1.29 is 0 Å². The second kappa shape index (κ2) is 5.56. The third-order valence-electron chi connectivity index (χ3n) is 3.71. The minimum Gasteiger partial charge on any atom is -0.271 e. The Morgan fingerprint density at radius 2 is 2.06 bits per heavy atom. The maximum atomic E-state index is 5.69. The summed E-state index contributed by atoms with van der Waals surface area (Å²) in [5, 5.41) is 0. The molecule has 2 rings (SSSR count). The highest BCUT2D eigenvalue weighted by atomic mass is 15.2. The number of nitrogens with one attached hydrogen (secondary N) is 1. The van der Waals surface area contributed by atoms with E-state index in [9.17, 15) is 0 Å². The number of aromatic nitrogens is 2. The zero-order chi connectivity index (χ0) is 12.3. The molecule has 17 heavy (non-hydrogen) atoms. The largest absolute Gasteiger partial charge is 0.271 e. The van der Waals surface area contributed by atoms with Gasteiger partial charge in [0.1, 0.15) is 5.82 Å². The van der Waals surface area contributed by atoms with Crippen LogP contribution in [0.3, 0.4) is 0 Å². The highest BCUT2D eigenvalue weighted by Crippen LogP contribution is 2.35. The Morgan fingerprint density at radius 1 is 1.35 bits per heavy atom. The number of hydrazine groups is 1. The van der Waals surface area contributed by atoms with Crippen molar-refractivity contribution in [3.63, 3.8) is 0 Å². The van der Waals surface area contributed by atoms with Gasteiger partial charge in [-0.3, -0.25) is 5.84 Å². The molecular formula is C13H22N4. The van der Waals surface area contributed by atoms with Crippen molar-refractivity contribution >= 4 is 0 Å². The van der Waals surface area contributed by atoms with Gasteiger partial charge in [0.25, 0.3) is 0 Å². The predicted octanol–water partition coefficient (Wildman–Crippen LogP) is 2.12. The molecule has 1 aromatic rings. The number of aryl methyl sites for hydroxylation is 1. The van der Waals surface area contributed by atoms with Gasteiger partial charge in [-0.15, -0.1) is 0 Å². The van der Waals surface area contributed by atoms with Crippen molar-refractivity contribution in [2.45, 2.75) is 45.6 Å². The van der Waals surface area contributed by atoms with Crippen LogP contribution in [0.5, 0.6) is 0 Å². The van der Waals surface area contributed by atoms with Crippen molar-refractivity contribution in [1.29, 1.82) is 0 Å². The molecule has 3 N–H and O–H groups in total. The van der Waals surface area contributed by atoms with Crippen LogP contribution in [0.4, 0.5) is 0 Å². The Kier molecular flexibility index (Phi) is 4.07. The van der Waals surface area contributed by atoms with Crippen LogP contribution in [-0.2, 0) is 0 Å². The summed E-state index contributed by atoms with van der Waals surface area (Å²) in [6, 6.07) is 0.0957. The lowest BCUT2D eigenvalue weighted by molar-refractivity contribution is 0.219. The van der Waals surface area contributed by atoms with Gasteiger partial charge in [-0.2, -0.15) is 0 Å². The average Bonchev–Trinajstić information content (AvgIpc) is 2.33. The molecule has 1 aromatic heterocycles. The van der Waals surface area contributed by atoms with Crippen LogP contribution in [0.15, 0.2) is 12.4 Å². The van der Waals surface area contributed by atoms with Crippen LogP contribution < -0.4 is 11.3 Å². The SMILES string of the molecule is Cc1cnc(C(NN)C2CCCC(C)C2)nc1. The van der Waals surface area contributed by atoms with E-state index in [1.54, 1.807) is 0 Å². The van der Waals surface area contributed by atoms with Gasteiger partial charge in [-0.25, -0.2) is 15.4 Å². The fraction of sp³-hybridized carbons (Fsp3) is 0.692. The molecule has 0 aliphatic heterocycles. The van der Waals surface area contributed by atoms with Crippen LogP contribution in [-0.4, -0.2) is 9.97 Å². The molecule has 0 radical (unpaired) electrons. The number of nitrogens with zero attached hydrogens (tertiary/aromatic N) is 2. The normalized spacial score (nSPS) is 26.8. The molecule has 1 fully saturated rings. The van der Waals surface area contributed by atoms with Crippen LogP contribution in [0.2, 0.25) is 0 Å². The van der Waals surface area contributed by atoms with Crippen molar-refractivity contribution in [1.82, 2.24) is 15.4 Å². The van der Waals surface area contributed by atoms with Gasteiger partial charge in [-0.05, 0) is 37.2 Å². The summed E-state index contributed by atoms with van der Waals surface area (Å²) >= 11 is 0. The van der Waals surface area contributed by atoms with Crippen LogP contribution >= 0.6 is 0 Å². The summed E-state index contributed by atoms with van der Waals surface area (Å²) in [4.78, 5) is 8.79. The minimum absolute atomic E-state index is 0.0957. The lowest BCUT2D eigenvalue weighted by atomic mass is 9.78. The van der Waals surface area contributed by atoms with E-state index < -0.39 is 0 Å². The average molecular weight is 234 g/mol. The fourth-order valence-electron chi connectivity index (χ4n) is 2.77. The van der Waals surface area contributed by atoms with Crippen molar-refractivity contribution in [2.75, 3.05) is 0 Å². The van der Waals surface area contributed by atoms with E-state index in [0.29, 0.717) is 5.92 Å². The molecule has 4 nitrogen and oxygen atoms in total. The second-order valence-electron chi connectivity index (χ2n) is 5.29. The maximum absolute atomic E-state index is 5.69. The summed E-state index contributed by atoms with van der Waals surface area (Å²) in [5.41, 5.74) is 3.99. The molecule has 0 aromatic carbocycles. The Morgan fingerprint density at radius 3 is 2.65 bits per heavy atom. The first-order chi connectivity index (χ1) is 8.20. The third kappa shape index (κ3) is 3.01. The molecule has 3 unspecified atom stereocenters. The lowest BCUT2D eigenvalue weighted by Crippen LogP contribution is -2.36. The smallest absolute Gasteiger partial charge is 0.146 e. The van der Waals surface area contributed by atoms with Gasteiger partial charge in [0.2, 0.25) is 0 Å². The monoisotopic (exact) mass is 234 g/mol. The molecule has 0 spiro atoms. The first-order valence-corrected chi connectivity index (χ1v) is 6.45. The zero-order valence-electron chi connectivity index (χ0n) is 10.7. The topological polar surface area (TPSA) is 63.8 Å². The highest BCUT2D eigenvalue weighted by molar-refractivity contribution is 5.05. The van der Waals surface area contributed by atoms with Crippen molar-refractivity contribution in [2.24, 2.45) is 17.7 Å². The molecule has 0 bridgehead atoms. The summed E-state index contributed by atoms with van der Waals surface area (Å²) < 4.78 is 0. The number of hydrogen-bond acceptors (Lipinski definition) is 4. The van der Waals surface area contributed by atoms with Crippen LogP contribution in [0.1, 0.15) is 50.0 Å². The van der Waals surface area contributed by atoms with E-state index in [0.717, 1.165) is 17.3 Å². The molecule has 1 heterocycles. The van der Waals surface area contributed by atoms with Gasteiger partial charge in [0.05, 0.1) is 6.04 Å². The van der Waals surface area contributed by atoms with Crippen LogP contribution in [0, 0.1) is 18.8 Å². The molecule has 0 amide bonds. The molecule has 1 aliphatic carbocycles. The Bertz CT molecular complexity index is 349. The predicted molar refractivity (Wildman–Crippen MR) is 68.0 cm³/mol. The molecule has 0 saturated heterocycles. The molecule has 4 heteroatoms. The van der Waals surface area contributed by atoms with E-state index in [4.69, 9.17) is 5.84 Å². The molecule has 1 saturated carbocycles. The highest BCUT2D eigenvalue weighted by Gasteiger charge is 2.28. The van der Waals surface area contributed by atoms with E-state index in [1.807, 2.05) is 19.3 Å². The lowest BCUT2D eigenvalue weighted by Gasteiger charge is -2.32. The number of hydrogen-bond donors (Lipinski definition) is 2. The quantitative estimate of drug-likeness (QED) is 0.621. The molecule has 3 atom stereocenters. The van der Waals surface area contributed by atoms with E-state index in [-0.39, 0.29) is 6.04 Å². The van der Waals surface area contributed by atoms with Gasteiger partial charge in [0, 0.05) is 12.4 Å². The number of rotatable bonds is 3. The summed E-state index contributed by atoms with van der Waals surface area (Å²) in [5.74, 6) is 7.87. The van der Waals surface area contributed by atoms with E-state index >= 15 is 0 Å². The first kappa shape index (κ1) is 12.5. The van der Waals surface area contributed by atoms with E-state index in [1.165, 1.54) is 25.7 Å². The molecule has 1 aliphatic rings. The van der Waals surface area contributed by atoms with Gasteiger partial charge in [-0.1, -0.05) is 19.8 Å². The van der Waals surface area contributed by atoms with E-state index in [2.05, 4.69) is 22.3 Å². The van der Waals surface area contributed by atoms with Crippen molar-refractivity contribution in [3.8, 4) is 0 Å². The minimum atomic E-state index is 0.0957. The summed E-state index contributed by atoms with van der Waals surface area (Å²) in [7, 11) is 0. The third-order valence-corrected chi connectivity index (χ3v) is 3.71. The van der Waals surface area contributed by atoms with Crippen LogP contribution in [0.25, 0.3) is 0 Å². The van der Waals surface area contributed by atoms with Crippen molar-refractivity contribution in [3.05, 3.63) is 23.8 Å². The maximum Gasteiger partial charge on any atom is 0.146 e. The summed E-state index contributed by atoms with van der Waals surface area (Å²) in [6.45, 7) is 4.31. The first-order valence-electron chi connectivity index (χ1n) is 6.45. The Labute approximate surface area is 103 Å². The molecule has 94 valence electrons. The zero-order valence-corrected chi connectivity index (χ0v) is 10.7. The van der Waals surface area contributed by atoms with Gasteiger partial charge >= 0.3 is 0 Å². The Hall–Kier alpha value is -1.00. The standard InChI is InChI=1S/C13H22N4/c1-9-4-3-5-11(6-9)12(17-14)13-15-7-10(2)8-16-13/h7-9,11-12,17H,3-6,14H2,1-2H3. The second-order valence-corrected chi connectivity index (χ2v) is 5.29. The summed E-state index contributed by atoms with van der Waals surface area (Å²) in [6.07, 6.45) is 8.78. The van der Waals surface area contributed by atoms with Gasteiger partial charge < -0.3 is 0 Å². The molecular weight excluding hydrogens is 212 g/mol. The number of nitrogens with two attached hydrogens (primary N) is 1. The Balaban J connectivity index is 2.12. The fourth-order valence-corrected chi connectivity index (χ4v) is 2.77. The van der Waals surface area contributed by atoms with Gasteiger partial charge in [0.15, 0.2) is 0 Å².